The average molecular weight is 795 g/mol. The lowest BCUT2D eigenvalue weighted by Gasteiger charge is -2.09. The zero-order chi connectivity index (χ0) is 39.8. The highest BCUT2D eigenvalue weighted by atomic mass is 16.6. The van der Waals surface area contributed by atoms with Gasteiger partial charge in [-0.3, -0.25) is 9.59 Å². The van der Waals surface area contributed by atoms with Gasteiger partial charge in [0.05, 0.1) is 119 Å². The summed E-state index contributed by atoms with van der Waals surface area (Å²) in [7, 11) is 0. The van der Waals surface area contributed by atoms with Gasteiger partial charge in [0.25, 0.3) is 0 Å². The van der Waals surface area contributed by atoms with Crippen molar-refractivity contribution in [3.8, 4) is 0 Å². The number of carbonyl (C=O) groups excluding carboxylic acids is 2. The summed E-state index contributed by atoms with van der Waals surface area (Å²) >= 11 is 0. The normalized spacial score (nSPS) is 11.4. The molecule has 0 N–H and O–H groups in total. The van der Waals surface area contributed by atoms with Crippen molar-refractivity contribution in [1.82, 2.24) is 0 Å². The maximum Gasteiger partial charge on any atom is 0.305 e. The lowest BCUT2D eigenvalue weighted by Crippen LogP contribution is -2.15. The molecule has 0 aromatic rings. The van der Waals surface area contributed by atoms with E-state index < -0.39 is 0 Å². The molecule has 13 heteroatoms. The summed E-state index contributed by atoms with van der Waals surface area (Å²) in [6.07, 6.45) is 21.4. The van der Waals surface area contributed by atoms with Crippen molar-refractivity contribution in [1.29, 1.82) is 0 Å². The van der Waals surface area contributed by atoms with Gasteiger partial charge in [0.2, 0.25) is 0 Å². The van der Waals surface area contributed by atoms with Crippen LogP contribution in [0.3, 0.4) is 0 Å². The Bertz CT molecular complexity index is 759. The molecule has 0 radical (unpaired) electrons. The largest absolute Gasteiger partial charge is 0.463 e. The van der Waals surface area contributed by atoms with Crippen LogP contribution < -0.4 is 0 Å². The highest BCUT2D eigenvalue weighted by Crippen LogP contribution is 2.14. The molecule has 0 saturated heterocycles. The molecule has 0 atom stereocenters. The molecular weight excluding hydrogens is 712 g/mol. The maximum atomic E-state index is 11.9. The molecule has 0 amide bonds. The van der Waals surface area contributed by atoms with Crippen molar-refractivity contribution >= 4 is 11.9 Å². The lowest BCUT2D eigenvalue weighted by atomic mass is 10.0. The first kappa shape index (κ1) is 53.6. The molecule has 0 aromatic heterocycles. The highest BCUT2D eigenvalue weighted by Gasteiger charge is 2.03. The number of rotatable bonds is 48. The Balaban J connectivity index is 3.14. The Hall–Kier alpha value is -1.42. The van der Waals surface area contributed by atoms with Gasteiger partial charge in [-0.25, -0.2) is 0 Å². The minimum atomic E-state index is -0.189. The second-order valence-electron chi connectivity index (χ2n) is 13.4. The molecule has 0 aliphatic rings. The third-order valence-corrected chi connectivity index (χ3v) is 8.40. The molecule has 328 valence electrons. The summed E-state index contributed by atoms with van der Waals surface area (Å²) in [5.41, 5.74) is 0. The molecule has 0 rings (SSSR count). The fourth-order valence-corrected chi connectivity index (χ4v) is 5.28. The second kappa shape index (κ2) is 48.7. The van der Waals surface area contributed by atoms with Crippen LogP contribution in [-0.2, 0) is 61.7 Å². The Kier molecular flexibility index (Phi) is 47.5. The van der Waals surface area contributed by atoms with E-state index in [2.05, 4.69) is 6.92 Å². The third-order valence-electron chi connectivity index (χ3n) is 8.40. The number of hydrogen-bond acceptors (Lipinski definition) is 13. The Labute approximate surface area is 334 Å². The van der Waals surface area contributed by atoms with Gasteiger partial charge in [0, 0.05) is 12.8 Å². The quantitative estimate of drug-likeness (QED) is 0.0451. The molecule has 55 heavy (non-hydrogen) atoms. The van der Waals surface area contributed by atoms with Gasteiger partial charge in [0.1, 0.15) is 13.2 Å². The minimum absolute atomic E-state index is 0.133. The number of esters is 2. The molecule has 0 heterocycles. The maximum absolute atomic E-state index is 11.9. The fraction of sp³-hybridized carbons (Fsp3) is 0.952. The SMILES string of the molecule is CCCCCCCCCCCCCCCCCC(=O)OCCOCCOCCOCCOCCOCCOCCOCCOCCOCCOC(=O)CCC. The average Bonchev–Trinajstić information content (AvgIpc) is 3.18. The molecule has 0 fully saturated rings. The molecule has 0 spiro atoms. The highest BCUT2D eigenvalue weighted by molar-refractivity contribution is 5.69. The first-order chi connectivity index (χ1) is 27.2. The van der Waals surface area contributed by atoms with Gasteiger partial charge < -0.3 is 52.1 Å². The number of hydrogen-bond donors (Lipinski definition) is 0. The van der Waals surface area contributed by atoms with E-state index in [0.29, 0.717) is 132 Å². The molecule has 0 saturated carbocycles. The van der Waals surface area contributed by atoms with Gasteiger partial charge in [0.15, 0.2) is 0 Å². The molecular formula is C42H82O13. The first-order valence-corrected chi connectivity index (χ1v) is 21.7. The standard InChI is InChI=1S/C42H82O13/c1-3-5-6-7-8-9-10-11-12-13-14-15-16-17-18-20-42(44)55-40-38-53-36-34-51-32-30-49-28-26-47-24-22-45-21-23-46-25-27-48-29-31-50-33-35-52-37-39-54-41(43)19-4-2/h3-40H2,1-2H3. The fourth-order valence-electron chi connectivity index (χ4n) is 5.28. The van der Waals surface area contributed by atoms with Crippen LogP contribution in [0.1, 0.15) is 129 Å². The molecule has 0 aliphatic heterocycles. The third kappa shape index (κ3) is 48.7. The summed E-state index contributed by atoms with van der Waals surface area (Å²) < 4.78 is 59.4. The summed E-state index contributed by atoms with van der Waals surface area (Å²) in [6.45, 7) is 13.2. The van der Waals surface area contributed by atoms with E-state index in [1.165, 1.54) is 83.5 Å². The van der Waals surface area contributed by atoms with Crippen molar-refractivity contribution in [2.24, 2.45) is 0 Å². The molecule has 0 aliphatic carbocycles. The van der Waals surface area contributed by atoms with Gasteiger partial charge in [-0.15, -0.1) is 0 Å². The smallest absolute Gasteiger partial charge is 0.305 e. The number of unbranched alkanes of at least 4 members (excludes halogenated alkanes) is 14. The van der Waals surface area contributed by atoms with Crippen LogP contribution in [0, 0.1) is 0 Å². The van der Waals surface area contributed by atoms with Crippen LogP contribution in [0.2, 0.25) is 0 Å². The second-order valence-corrected chi connectivity index (χ2v) is 13.4. The summed E-state index contributed by atoms with van der Waals surface area (Å²) in [5, 5.41) is 0. The monoisotopic (exact) mass is 795 g/mol. The summed E-state index contributed by atoms with van der Waals surface area (Å²) in [6, 6.07) is 0. The molecule has 13 nitrogen and oxygen atoms in total. The Morgan fingerprint density at radius 3 is 0.727 bits per heavy atom. The number of ether oxygens (including phenoxy) is 11. The predicted octanol–water partition coefficient (Wildman–Crippen LogP) is 7.28. The first-order valence-electron chi connectivity index (χ1n) is 21.7. The zero-order valence-electron chi connectivity index (χ0n) is 35.2. The van der Waals surface area contributed by atoms with Crippen molar-refractivity contribution in [3.05, 3.63) is 0 Å². The summed E-state index contributed by atoms with van der Waals surface area (Å²) in [4.78, 5) is 23.1. The molecule has 0 aromatic carbocycles. The minimum Gasteiger partial charge on any atom is -0.463 e. The van der Waals surface area contributed by atoms with Crippen molar-refractivity contribution < 1.29 is 61.7 Å². The van der Waals surface area contributed by atoms with Gasteiger partial charge >= 0.3 is 11.9 Å². The van der Waals surface area contributed by atoms with Crippen LogP contribution in [0.4, 0.5) is 0 Å². The van der Waals surface area contributed by atoms with E-state index in [0.717, 1.165) is 19.3 Å². The van der Waals surface area contributed by atoms with Gasteiger partial charge in [-0.1, -0.05) is 104 Å². The topological polar surface area (TPSA) is 136 Å². The van der Waals surface area contributed by atoms with Crippen molar-refractivity contribution in [2.45, 2.75) is 129 Å². The van der Waals surface area contributed by atoms with E-state index in [9.17, 15) is 9.59 Å². The van der Waals surface area contributed by atoms with Gasteiger partial charge in [-0.05, 0) is 12.8 Å². The van der Waals surface area contributed by atoms with E-state index in [1.807, 2.05) is 6.92 Å². The predicted molar refractivity (Wildman–Crippen MR) is 214 cm³/mol. The van der Waals surface area contributed by atoms with Gasteiger partial charge in [-0.2, -0.15) is 0 Å². The zero-order valence-corrected chi connectivity index (χ0v) is 35.2. The number of carbonyl (C=O) groups is 2. The molecule has 0 unspecified atom stereocenters. The van der Waals surface area contributed by atoms with E-state index >= 15 is 0 Å². The Morgan fingerprint density at radius 2 is 0.473 bits per heavy atom. The Morgan fingerprint density at radius 1 is 0.255 bits per heavy atom. The van der Waals surface area contributed by atoms with E-state index in [-0.39, 0.29) is 25.2 Å². The van der Waals surface area contributed by atoms with Crippen molar-refractivity contribution in [3.63, 3.8) is 0 Å². The lowest BCUT2D eigenvalue weighted by molar-refractivity contribution is -0.146. The molecule has 0 bridgehead atoms. The van der Waals surface area contributed by atoms with Crippen LogP contribution >= 0.6 is 0 Å². The van der Waals surface area contributed by atoms with Crippen LogP contribution in [0.15, 0.2) is 0 Å². The van der Waals surface area contributed by atoms with Crippen LogP contribution in [0.25, 0.3) is 0 Å². The van der Waals surface area contributed by atoms with Crippen molar-refractivity contribution in [2.75, 3.05) is 132 Å². The van der Waals surface area contributed by atoms with Crippen LogP contribution in [0.5, 0.6) is 0 Å². The van der Waals surface area contributed by atoms with E-state index in [1.54, 1.807) is 0 Å². The van der Waals surface area contributed by atoms with Crippen LogP contribution in [-0.4, -0.2) is 144 Å². The van der Waals surface area contributed by atoms with E-state index in [4.69, 9.17) is 52.1 Å². The summed E-state index contributed by atoms with van der Waals surface area (Å²) in [5.74, 6) is -0.322.